The summed E-state index contributed by atoms with van der Waals surface area (Å²) in [5, 5.41) is 20.4. The van der Waals surface area contributed by atoms with Crippen LogP contribution in [-0.2, 0) is 6.42 Å². The van der Waals surface area contributed by atoms with E-state index in [9.17, 15) is 10.1 Å². The molecular weight excluding hydrogens is 268 g/mol. The van der Waals surface area contributed by atoms with Crippen LogP contribution in [-0.4, -0.2) is 4.92 Å². The van der Waals surface area contributed by atoms with Gasteiger partial charge in [0.15, 0.2) is 0 Å². The number of nitro benzene ring substituents is 1. The summed E-state index contributed by atoms with van der Waals surface area (Å²) in [5.74, 6) is 0.512. The van der Waals surface area contributed by atoms with Crippen LogP contribution in [0.25, 0.3) is 0 Å². The second-order valence-corrected chi connectivity index (χ2v) is 4.91. The summed E-state index contributed by atoms with van der Waals surface area (Å²) in [6.07, 6.45) is 1.40. The molecule has 21 heavy (non-hydrogen) atoms. The molecule has 3 rings (SSSR count). The lowest BCUT2D eigenvalue weighted by Crippen LogP contribution is -1.97. The molecule has 0 heterocycles. The number of fused-ring (bicyclic) bond motifs is 1. The van der Waals surface area contributed by atoms with Crippen molar-refractivity contribution in [2.75, 3.05) is 0 Å². The SMILES string of the molecule is N#CC1CCc2cc([N+](=O)[O-])c(Oc3ccccc3)cc21. The number of aryl methyl sites for hydroxylation is 1. The maximum absolute atomic E-state index is 11.2. The fourth-order valence-electron chi connectivity index (χ4n) is 2.60. The molecule has 2 aromatic rings. The molecule has 1 aliphatic carbocycles. The van der Waals surface area contributed by atoms with E-state index in [2.05, 4.69) is 6.07 Å². The van der Waals surface area contributed by atoms with Crippen molar-refractivity contribution in [1.29, 1.82) is 5.26 Å². The highest BCUT2D eigenvalue weighted by molar-refractivity contribution is 5.56. The van der Waals surface area contributed by atoms with Gasteiger partial charge in [-0.2, -0.15) is 5.26 Å². The first-order chi connectivity index (χ1) is 10.2. The molecule has 1 unspecified atom stereocenters. The highest BCUT2D eigenvalue weighted by Crippen LogP contribution is 2.41. The standard InChI is InChI=1S/C16H12N2O3/c17-10-12-7-6-11-8-15(18(19)20)16(9-14(11)12)21-13-4-2-1-3-5-13/h1-5,8-9,12H,6-7H2. The molecule has 0 saturated carbocycles. The third-order valence-corrected chi connectivity index (χ3v) is 3.62. The molecule has 0 amide bonds. The summed E-state index contributed by atoms with van der Waals surface area (Å²) in [5.41, 5.74) is 1.65. The maximum Gasteiger partial charge on any atom is 0.311 e. The molecule has 1 aliphatic rings. The van der Waals surface area contributed by atoms with Gasteiger partial charge in [-0.1, -0.05) is 18.2 Å². The van der Waals surface area contributed by atoms with Gasteiger partial charge in [-0.15, -0.1) is 0 Å². The lowest BCUT2D eigenvalue weighted by atomic mass is 10.0. The fourth-order valence-corrected chi connectivity index (χ4v) is 2.60. The predicted octanol–water partition coefficient (Wildman–Crippen LogP) is 3.94. The number of nitriles is 1. The number of nitrogens with zero attached hydrogens (tertiary/aromatic N) is 2. The average Bonchev–Trinajstić information content (AvgIpc) is 2.89. The van der Waals surface area contributed by atoms with Gasteiger partial charge < -0.3 is 4.74 Å². The van der Waals surface area contributed by atoms with E-state index in [4.69, 9.17) is 10.00 Å². The number of nitro groups is 1. The van der Waals surface area contributed by atoms with Gasteiger partial charge in [0.25, 0.3) is 0 Å². The molecule has 5 nitrogen and oxygen atoms in total. The van der Waals surface area contributed by atoms with E-state index in [1.807, 2.05) is 6.07 Å². The van der Waals surface area contributed by atoms with Crippen LogP contribution in [0.2, 0.25) is 0 Å². The van der Waals surface area contributed by atoms with Gasteiger partial charge in [0, 0.05) is 6.07 Å². The minimum absolute atomic E-state index is 0.0591. The van der Waals surface area contributed by atoms with Gasteiger partial charge in [0.05, 0.1) is 16.9 Å². The van der Waals surface area contributed by atoms with E-state index in [0.717, 1.165) is 11.1 Å². The van der Waals surface area contributed by atoms with Crippen molar-refractivity contribution in [3.8, 4) is 17.6 Å². The van der Waals surface area contributed by atoms with E-state index >= 15 is 0 Å². The van der Waals surface area contributed by atoms with E-state index in [1.165, 1.54) is 6.07 Å². The van der Waals surface area contributed by atoms with Gasteiger partial charge in [-0.3, -0.25) is 10.1 Å². The third kappa shape index (κ3) is 2.43. The summed E-state index contributed by atoms with van der Waals surface area (Å²) < 4.78 is 5.64. The highest BCUT2D eigenvalue weighted by Gasteiger charge is 2.28. The molecule has 1 atom stereocenters. The molecule has 0 bridgehead atoms. The van der Waals surface area contributed by atoms with Gasteiger partial charge in [-0.25, -0.2) is 0 Å². The molecule has 0 saturated heterocycles. The van der Waals surface area contributed by atoms with Crippen LogP contribution in [0.5, 0.6) is 11.5 Å². The normalized spacial score (nSPS) is 16.0. The third-order valence-electron chi connectivity index (χ3n) is 3.62. The molecule has 0 spiro atoms. The first-order valence-electron chi connectivity index (χ1n) is 6.63. The highest BCUT2D eigenvalue weighted by atomic mass is 16.6. The van der Waals surface area contributed by atoms with Crippen LogP contribution in [0, 0.1) is 21.4 Å². The molecule has 0 radical (unpaired) electrons. The Labute approximate surface area is 121 Å². The predicted molar refractivity (Wildman–Crippen MR) is 76.3 cm³/mol. The fraction of sp³-hybridized carbons (Fsp3) is 0.188. The number of ether oxygens (including phenoxy) is 1. The van der Waals surface area contributed by atoms with E-state index in [-0.39, 0.29) is 17.4 Å². The van der Waals surface area contributed by atoms with Crippen molar-refractivity contribution >= 4 is 5.69 Å². The lowest BCUT2D eigenvalue weighted by molar-refractivity contribution is -0.385. The monoisotopic (exact) mass is 280 g/mol. The smallest absolute Gasteiger partial charge is 0.311 e. The Morgan fingerprint density at radius 2 is 2.05 bits per heavy atom. The molecule has 2 aromatic carbocycles. The topological polar surface area (TPSA) is 76.2 Å². The van der Waals surface area contributed by atoms with Crippen LogP contribution in [0.4, 0.5) is 5.69 Å². The number of hydrogen-bond acceptors (Lipinski definition) is 4. The summed E-state index contributed by atoms with van der Waals surface area (Å²) in [7, 11) is 0. The van der Waals surface area contributed by atoms with Gasteiger partial charge in [0.2, 0.25) is 5.75 Å². The molecular formula is C16H12N2O3. The van der Waals surface area contributed by atoms with Crippen molar-refractivity contribution in [2.45, 2.75) is 18.8 Å². The van der Waals surface area contributed by atoms with Gasteiger partial charge in [0.1, 0.15) is 5.75 Å². The molecule has 0 fully saturated rings. The lowest BCUT2D eigenvalue weighted by Gasteiger charge is -2.09. The number of rotatable bonds is 3. The zero-order valence-corrected chi connectivity index (χ0v) is 11.2. The Hall–Kier alpha value is -2.87. The van der Waals surface area contributed by atoms with Gasteiger partial charge in [-0.05, 0) is 42.2 Å². The van der Waals surface area contributed by atoms with E-state index in [1.54, 1.807) is 30.3 Å². The van der Waals surface area contributed by atoms with Crippen LogP contribution in [0.1, 0.15) is 23.5 Å². The Bertz CT molecular complexity index is 735. The minimum Gasteiger partial charge on any atom is -0.450 e. The quantitative estimate of drug-likeness (QED) is 0.630. The summed E-state index contributed by atoms with van der Waals surface area (Å²) in [6, 6.07) is 14.3. The maximum atomic E-state index is 11.2. The van der Waals surface area contributed by atoms with Crippen LogP contribution >= 0.6 is 0 Å². The van der Waals surface area contributed by atoms with Crippen molar-refractivity contribution in [2.24, 2.45) is 0 Å². The van der Waals surface area contributed by atoms with Crippen LogP contribution in [0.15, 0.2) is 42.5 Å². The Morgan fingerprint density at radius 1 is 1.29 bits per heavy atom. The Morgan fingerprint density at radius 3 is 2.71 bits per heavy atom. The van der Waals surface area contributed by atoms with E-state index < -0.39 is 4.92 Å². The van der Waals surface area contributed by atoms with E-state index in [0.29, 0.717) is 18.6 Å². The number of para-hydroxylation sites is 1. The zero-order valence-electron chi connectivity index (χ0n) is 11.2. The summed E-state index contributed by atoms with van der Waals surface area (Å²) >= 11 is 0. The number of hydrogen-bond donors (Lipinski definition) is 0. The zero-order chi connectivity index (χ0) is 14.8. The molecule has 104 valence electrons. The largest absolute Gasteiger partial charge is 0.450 e. The second kappa shape index (κ2) is 5.25. The molecule has 0 N–H and O–H groups in total. The summed E-state index contributed by atoms with van der Waals surface area (Å²) in [4.78, 5) is 10.8. The van der Waals surface area contributed by atoms with Gasteiger partial charge >= 0.3 is 5.69 Å². The van der Waals surface area contributed by atoms with Crippen LogP contribution in [0.3, 0.4) is 0 Å². The first kappa shape index (κ1) is 13.1. The molecule has 0 aliphatic heterocycles. The second-order valence-electron chi connectivity index (χ2n) is 4.91. The van der Waals surface area contributed by atoms with Crippen molar-refractivity contribution in [3.63, 3.8) is 0 Å². The van der Waals surface area contributed by atoms with Crippen molar-refractivity contribution in [3.05, 3.63) is 63.7 Å². The average molecular weight is 280 g/mol. The van der Waals surface area contributed by atoms with Crippen molar-refractivity contribution < 1.29 is 9.66 Å². The summed E-state index contributed by atoms with van der Waals surface area (Å²) in [6.45, 7) is 0. The first-order valence-corrected chi connectivity index (χ1v) is 6.63. The Kier molecular flexibility index (Phi) is 3.28. The molecule has 5 heteroatoms. The number of benzene rings is 2. The minimum atomic E-state index is -0.446. The van der Waals surface area contributed by atoms with Crippen molar-refractivity contribution in [1.82, 2.24) is 0 Å². The Balaban J connectivity index is 2.06. The molecule has 0 aromatic heterocycles. The van der Waals surface area contributed by atoms with Crippen LogP contribution < -0.4 is 4.74 Å².